The van der Waals surface area contributed by atoms with Gasteiger partial charge < -0.3 is 20.5 Å². The number of hydrogen-bond acceptors (Lipinski definition) is 3. The van der Waals surface area contributed by atoms with Crippen molar-refractivity contribution in [3.8, 4) is 11.1 Å². The number of urea groups is 1. The number of carbonyl (C=O) groups excluding carboxylic acids is 1. The van der Waals surface area contributed by atoms with Crippen LogP contribution in [0.25, 0.3) is 11.1 Å². The molecular weight excluding hydrogens is 316 g/mol. The zero-order chi connectivity index (χ0) is 18.1. The first kappa shape index (κ1) is 19.0. The number of hydrogen-bond donors (Lipinski definition) is 3. The first-order valence-corrected chi connectivity index (χ1v) is 8.47. The van der Waals surface area contributed by atoms with E-state index >= 15 is 0 Å². The van der Waals surface area contributed by atoms with Gasteiger partial charge in [-0.1, -0.05) is 54.6 Å². The fraction of sp³-hybridized carbons (Fsp3) is 0.350. The average Bonchev–Trinajstić information content (AvgIpc) is 2.63. The van der Waals surface area contributed by atoms with Gasteiger partial charge in [-0.05, 0) is 30.0 Å². The number of ether oxygens (including phenoxy) is 1. The quantitative estimate of drug-likeness (QED) is 0.690. The highest BCUT2D eigenvalue weighted by atomic mass is 16.5. The molecule has 0 aliphatic carbocycles. The summed E-state index contributed by atoms with van der Waals surface area (Å²) in [5.41, 5.74) is 3.35. The molecule has 0 aliphatic heterocycles. The summed E-state index contributed by atoms with van der Waals surface area (Å²) in [5, 5.41) is 15.2. The molecule has 134 valence electrons. The van der Waals surface area contributed by atoms with Crippen molar-refractivity contribution in [1.82, 2.24) is 10.6 Å². The maximum atomic E-state index is 11.9. The topological polar surface area (TPSA) is 70.6 Å². The molecule has 0 aliphatic rings. The number of aliphatic hydroxyl groups is 1. The highest BCUT2D eigenvalue weighted by Gasteiger charge is 2.10. The van der Waals surface area contributed by atoms with E-state index in [0.717, 1.165) is 11.1 Å². The smallest absolute Gasteiger partial charge is 0.315 e. The summed E-state index contributed by atoms with van der Waals surface area (Å²) in [5.74, 6) is 0. The number of amides is 2. The van der Waals surface area contributed by atoms with E-state index in [9.17, 15) is 9.90 Å². The van der Waals surface area contributed by atoms with Gasteiger partial charge >= 0.3 is 6.03 Å². The molecule has 0 aromatic heterocycles. The first-order valence-electron chi connectivity index (χ1n) is 8.47. The van der Waals surface area contributed by atoms with Gasteiger partial charge in [-0.25, -0.2) is 4.79 Å². The van der Waals surface area contributed by atoms with Crippen molar-refractivity contribution < 1.29 is 14.6 Å². The number of carbonyl (C=O) groups is 1. The van der Waals surface area contributed by atoms with Crippen LogP contribution >= 0.6 is 0 Å². The summed E-state index contributed by atoms with van der Waals surface area (Å²) in [6.45, 7) is 2.61. The molecule has 5 heteroatoms. The van der Waals surface area contributed by atoms with Crippen molar-refractivity contribution in [2.45, 2.75) is 25.5 Å². The normalized spacial score (nSPS) is 13.1. The third-order valence-corrected chi connectivity index (χ3v) is 3.99. The second kappa shape index (κ2) is 9.81. The minimum atomic E-state index is -0.562. The molecule has 0 saturated heterocycles. The van der Waals surface area contributed by atoms with Crippen molar-refractivity contribution in [2.24, 2.45) is 0 Å². The highest BCUT2D eigenvalue weighted by Crippen LogP contribution is 2.21. The van der Waals surface area contributed by atoms with Crippen molar-refractivity contribution in [2.75, 3.05) is 20.3 Å². The fourth-order valence-electron chi connectivity index (χ4n) is 2.55. The van der Waals surface area contributed by atoms with Crippen LogP contribution in [-0.4, -0.2) is 37.5 Å². The van der Waals surface area contributed by atoms with E-state index in [1.165, 1.54) is 12.7 Å². The number of aliphatic hydroxyl groups excluding tert-OH is 1. The molecule has 25 heavy (non-hydrogen) atoms. The van der Waals surface area contributed by atoms with Crippen LogP contribution in [0, 0.1) is 0 Å². The fourth-order valence-corrected chi connectivity index (χ4v) is 2.55. The maximum Gasteiger partial charge on any atom is 0.315 e. The standard InChI is InChI=1S/C20H26N2O3/c1-15(22-20(24)21-13-12-19(23)14-25-2)16-8-10-18(11-9-16)17-6-4-3-5-7-17/h3-11,15,19,23H,12-14H2,1-2H3,(H2,21,22,24). The number of nitrogens with one attached hydrogen (secondary N) is 2. The maximum absolute atomic E-state index is 11.9. The molecule has 0 bridgehead atoms. The lowest BCUT2D eigenvalue weighted by molar-refractivity contribution is 0.0598. The van der Waals surface area contributed by atoms with Gasteiger partial charge in [-0.15, -0.1) is 0 Å². The molecule has 2 amide bonds. The molecule has 0 radical (unpaired) electrons. The number of benzene rings is 2. The molecular formula is C20H26N2O3. The molecule has 2 aromatic rings. The van der Waals surface area contributed by atoms with E-state index in [1.807, 2.05) is 37.3 Å². The second-order valence-corrected chi connectivity index (χ2v) is 6.01. The SMILES string of the molecule is COCC(O)CCNC(=O)NC(C)c1ccc(-c2ccccc2)cc1. The van der Waals surface area contributed by atoms with Gasteiger partial charge in [0.1, 0.15) is 0 Å². The zero-order valence-electron chi connectivity index (χ0n) is 14.7. The van der Waals surface area contributed by atoms with E-state index in [1.54, 1.807) is 0 Å². The Morgan fingerprint density at radius 2 is 1.72 bits per heavy atom. The predicted molar refractivity (Wildman–Crippen MR) is 99.3 cm³/mol. The Morgan fingerprint density at radius 3 is 2.36 bits per heavy atom. The summed E-state index contributed by atoms with van der Waals surface area (Å²) in [4.78, 5) is 11.9. The molecule has 5 nitrogen and oxygen atoms in total. The molecule has 2 unspecified atom stereocenters. The average molecular weight is 342 g/mol. The van der Waals surface area contributed by atoms with Gasteiger partial charge in [0.15, 0.2) is 0 Å². The predicted octanol–water partition coefficient (Wildman–Crippen LogP) is 3.11. The van der Waals surface area contributed by atoms with Crippen LogP contribution in [-0.2, 0) is 4.74 Å². The minimum absolute atomic E-state index is 0.103. The van der Waals surface area contributed by atoms with Crippen molar-refractivity contribution in [3.05, 3.63) is 60.2 Å². The molecule has 2 rings (SSSR count). The Morgan fingerprint density at radius 1 is 1.08 bits per heavy atom. The molecule has 0 saturated carbocycles. The van der Waals surface area contributed by atoms with E-state index in [0.29, 0.717) is 13.0 Å². The van der Waals surface area contributed by atoms with E-state index in [4.69, 9.17) is 4.74 Å². The molecule has 0 heterocycles. The van der Waals surface area contributed by atoms with Crippen LogP contribution < -0.4 is 10.6 Å². The summed E-state index contributed by atoms with van der Waals surface area (Å²) in [6.07, 6.45) is -0.102. The van der Waals surface area contributed by atoms with Crippen LogP contribution in [0.15, 0.2) is 54.6 Å². The summed E-state index contributed by atoms with van der Waals surface area (Å²) >= 11 is 0. The Labute approximate surface area is 149 Å². The van der Waals surface area contributed by atoms with Gasteiger partial charge in [-0.2, -0.15) is 0 Å². The van der Waals surface area contributed by atoms with Crippen molar-refractivity contribution in [1.29, 1.82) is 0 Å². The Hall–Kier alpha value is -2.37. The van der Waals surface area contributed by atoms with Crippen LogP contribution in [0.3, 0.4) is 0 Å². The van der Waals surface area contributed by atoms with Crippen molar-refractivity contribution in [3.63, 3.8) is 0 Å². The summed E-state index contributed by atoms with van der Waals surface area (Å²) in [7, 11) is 1.54. The number of methoxy groups -OCH3 is 1. The van der Waals surface area contributed by atoms with Crippen LogP contribution in [0.2, 0.25) is 0 Å². The lowest BCUT2D eigenvalue weighted by Crippen LogP contribution is -2.38. The molecule has 3 N–H and O–H groups in total. The van der Waals surface area contributed by atoms with Crippen molar-refractivity contribution >= 4 is 6.03 Å². The second-order valence-electron chi connectivity index (χ2n) is 6.01. The lowest BCUT2D eigenvalue weighted by atomic mass is 10.0. The highest BCUT2D eigenvalue weighted by molar-refractivity contribution is 5.74. The molecule has 2 atom stereocenters. The lowest BCUT2D eigenvalue weighted by Gasteiger charge is -2.16. The Bertz CT molecular complexity index is 644. The third-order valence-electron chi connectivity index (χ3n) is 3.99. The van der Waals surface area contributed by atoms with Crippen LogP contribution in [0.5, 0.6) is 0 Å². The number of rotatable bonds is 8. The van der Waals surface area contributed by atoms with Crippen LogP contribution in [0.1, 0.15) is 24.9 Å². The minimum Gasteiger partial charge on any atom is -0.391 e. The van der Waals surface area contributed by atoms with E-state index in [-0.39, 0.29) is 18.7 Å². The third kappa shape index (κ3) is 6.21. The van der Waals surface area contributed by atoms with Gasteiger partial charge in [0.05, 0.1) is 18.8 Å². The van der Waals surface area contributed by atoms with Gasteiger partial charge in [-0.3, -0.25) is 0 Å². The summed E-state index contributed by atoms with van der Waals surface area (Å²) in [6, 6.07) is 18.0. The van der Waals surface area contributed by atoms with E-state index in [2.05, 4.69) is 34.9 Å². The van der Waals surface area contributed by atoms with Gasteiger partial charge in [0, 0.05) is 13.7 Å². The van der Waals surface area contributed by atoms with Crippen LogP contribution in [0.4, 0.5) is 4.79 Å². The monoisotopic (exact) mass is 342 g/mol. The van der Waals surface area contributed by atoms with E-state index < -0.39 is 6.10 Å². The zero-order valence-corrected chi connectivity index (χ0v) is 14.7. The molecule has 2 aromatic carbocycles. The molecule has 0 spiro atoms. The van der Waals surface area contributed by atoms with Gasteiger partial charge in [0.2, 0.25) is 0 Å². The summed E-state index contributed by atoms with van der Waals surface area (Å²) < 4.78 is 4.85. The molecule has 0 fully saturated rings. The Kier molecular flexibility index (Phi) is 7.44. The largest absolute Gasteiger partial charge is 0.391 e. The van der Waals surface area contributed by atoms with Gasteiger partial charge in [0.25, 0.3) is 0 Å². The Balaban J connectivity index is 1.82. The first-order chi connectivity index (χ1) is 12.1.